The number of hydrogen-bond acceptors (Lipinski definition) is 2. The summed E-state index contributed by atoms with van der Waals surface area (Å²) in [6.45, 7) is 3.92. The van der Waals surface area contributed by atoms with E-state index in [-0.39, 0.29) is 0 Å². The lowest BCUT2D eigenvalue weighted by Crippen LogP contribution is -2.07. The Bertz CT molecular complexity index is 563. The van der Waals surface area contributed by atoms with Gasteiger partial charge in [0.15, 0.2) is 0 Å². The molecular formula is C14H17ClN2O. The number of aliphatic hydroxyl groups is 1. The summed E-state index contributed by atoms with van der Waals surface area (Å²) < 4.78 is 1.80. The lowest BCUT2D eigenvalue weighted by Gasteiger charge is -2.14. The predicted molar refractivity (Wildman–Crippen MR) is 72.8 cm³/mol. The molecule has 2 rings (SSSR count). The lowest BCUT2D eigenvalue weighted by molar-refractivity contribution is 0.175. The molecule has 1 unspecified atom stereocenters. The van der Waals surface area contributed by atoms with Gasteiger partial charge in [-0.25, -0.2) is 0 Å². The summed E-state index contributed by atoms with van der Waals surface area (Å²) in [7, 11) is 1.89. The third kappa shape index (κ3) is 2.74. The van der Waals surface area contributed by atoms with Gasteiger partial charge in [-0.05, 0) is 43.2 Å². The quantitative estimate of drug-likeness (QED) is 0.926. The fourth-order valence-corrected chi connectivity index (χ4v) is 2.31. The SMILES string of the molecule is Cc1cc(CC(O)c2cc(Cl)ccc2C)n(C)n1. The highest BCUT2D eigenvalue weighted by Crippen LogP contribution is 2.24. The van der Waals surface area contributed by atoms with Crippen LogP contribution in [0.2, 0.25) is 5.02 Å². The molecule has 0 aliphatic rings. The number of aromatic nitrogens is 2. The average Bonchev–Trinajstić information content (AvgIpc) is 2.61. The highest BCUT2D eigenvalue weighted by molar-refractivity contribution is 6.30. The molecule has 1 heterocycles. The van der Waals surface area contributed by atoms with Crippen molar-refractivity contribution in [1.29, 1.82) is 0 Å². The highest BCUT2D eigenvalue weighted by Gasteiger charge is 2.14. The molecule has 0 spiro atoms. The second kappa shape index (κ2) is 5.12. The summed E-state index contributed by atoms with van der Waals surface area (Å²) in [6, 6.07) is 7.57. The Labute approximate surface area is 112 Å². The van der Waals surface area contributed by atoms with E-state index in [2.05, 4.69) is 5.10 Å². The molecule has 18 heavy (non-hydrogen) atoms. The zero-order valence-corrected chi connectivity index (χ0v) is 11.6. The molecule has 0 amide bonds. The van der Waals surface area contributed by atoms with Gasteiger partial charge in [-0.1, -0.05) is 17.7 Å². The van der Waals surface area contributed by atoms with Gasteiger partial charge in [-0.15, -0.1) is 0 Å². The monoisotopic (exact) mass is 264 g/mol. The Morgan fingerprint density at radius 2 is 2.06 bits per heavy atom. The summed E-state index contributed by atoms with van der Waals surface area (Å²) in [4.78, 5) is 0. The molecule has 1 aromatic carbocycles. The van der Waals surface area contributed by atoms with Crippen LogP contribution in [-0.2, 0) is 13.5 Å². The molecule has 1 atom stereocenters. The van der Waals surface area contributed by atoms with Crippen LogP contribution < -0.4 is 0 Å². The molecule has 1 aromatic heterocycles. The Morgan fingerprint density at radius 1 is 1.33 bits per heavy atom. The first-order chi connectivity index (χ1) is 8.47. The summed E-state index contributed by atoms with van der Waals surface area (Å²) in [5.41, 5.74) is 3.90. The topological polar surface area (TPSA) is 38.0 Å². The molecular weight excluding hydrogens is 248 g/mol. The second-order valence-corrected chi connectivity index (χ2v) is 5.06. The van der Waals surface area contributed by atoms with Crippen LogP contribution in [0.3, 0.4) is 0 Å². The van der Waals surface area contributed by atoms with Crippen molar-refractivity contribution in [3.8, 4) is 0 Å². The molecule has 96 valence electrons. The third-order valence-corrected chi connectivity index (χ3v) is 3.34. The van der Waals surface area contributed by atoms with E-state index in [1.54, 1.807) is 4.68 Å². The van der Waals surface area contributed by atoms with E-state index < -0.39 is 6.10 Å². The van der Waals surface area contributed by atoms with Crippen molar-refractivity contribution in [2.45, 2.75) is 26.4 Å². The minimum Gasteiger partial charge on any atom is -0.388 e. The van der Waals surface area contributed by atoms with E-state index in [4.69, 9.17) is 11.6 Å². The Kier molecular flexibility index (Phi) is 3.73. The molecule has 2 aromatic rings. The maximum absolute atomic E-state index is 10.3. The number of hydrogen-bond donors (Lipinski definition) is 1. The predicted octanol–water partition coefficient (Wildman–Crippen LogP) is 2.97. The molecule has 0 aliphatic heterocycles. The second-order valence-electron chi connectivity index (χ2n) is 4.62. The summed E-state index contributed by atoms with van der Waals surface area (Å²) >= 11 is 5.97. The number of rotatable bonds is 3. The molecule has 0 fully saturated rings. The number of benzene rings is 1. The fourth-order valence-electron chi connectivity index (χ4n) is 2.13. The zero-order chi connectivity index (χ0) is 13.3. The van der Waals surface area contributed by atoms with Crippen molar-refractivity contribution in [2.24, 2.45) is 7.05 Å². The largest absolute Gasteiger partial charge is 0.388 e. The van der Waals surface area contributed by atoms with Crippen molar-refractivity contribution >= 4 is 11.6 Å². The molecule has 3 nitrogen and oxygen atoms in total. The Morgan fingerprint density at radius 3 is 2.67 bits per heavy atom. The van der Waals surface area contributed by atoms with Gasteiger partial charge >= 0.3 is 0 Å². The molecule has 0 saturated heterocycles. The zero-order valence-electron chi connectivity index (χ0n) is 10.8. The highest BCUT2D eigenvalue weighted by atomic mass is 35.5. The number of aliphatic hydroxyl groups excluding tert-OH is 1. The van der Waals surface area contributed by atoms with Crippen LogP contribution in [0.15, 0.2) is 24.3 Å². The van der Waals surface area contributed by atoms with Gasteiger partial charge in [0.1, 0.15) is 0 Å². The van der Waals surface area contributed by atoms with Crippen LogP contribution >= 0.6 is 11.6 Å². The number of aryl methyl sites for hydroxylation is 3. The van der Waals surface area contributed by atoms with Gasteiger partial charge in [0, 0.05) is 24.2 Å². The molecule has 0 radical (unpaired) electrons. The van der Waals surface area contributed by atoms with Crippen molar-refractivity contribution in [1.82, 2.24) is 9.78 Å². The van der Waals surface area contributed by atoms with Crippen LogP contribution in [0, 0.1) is 13.8 Å². The minimum absolute atomic E-state index is 0.540. The van der Waals surface area contributed by atoms with Gasteiger partial charge in [0.05, 0.1) is 11.8 Å². The Balaban J connectivity index is 2.24. The maximum Gasteiger partial charge on any atom is 0.0848 e. The van der Waals surface area contributed by atoms with Crippen LogP contribution in [0.4, 0.5) is 0 Å². The first-order valence-corrected chi connectivity index (χ1v) is 6.29. The van der Waals surface area contributed by atoms with E-state index in [0.29, 0.717) is 11.4 Å². The fraction of sp³-hybridized carbons (Fsp3) is 0.357. The van der Waals surface area contributed by atoms with E-state index >= 15 is 0 Å². The first kappa shape index (κ1) is 13.1. The van der Waals surface area contributed by atoms with Gasteiger partial charge in [-0.2, -0.15) is 5.10 Å². The van der Waals surface area contributed by atoms with Crippen LogP contribution in [0.25, 0.3) is 0 Å². The van der Waals surface area contributed by atoms with Crippen molar-refractivity contribution in [3.05, 3.63) is 51.8 Å². The molecule has 0 aliphatic carbocycles. The maximum atomic E-state index is 10.3. The molecule has 4 heteroatoms. The summed E-state index contributed by atoms with van der Waals surface area (Å²) in [6.07, 6.45) is -0.0167. The van der Waals surface area contributed by atoms with E-state index in [1.807, 2.05) is 45.2 Å². The number of nitrogens with zero attached hydrogens (tertiary/aromatic N) is 2. The van der Waals surface area contributed by atoms with E-state index in [0.717, 1.165) is 22.5 Å². The van der Waals surface area contributed by atoms with Gasteiger partial charge in [0.25, 0.3) is 0 Å². The van der Waals surface area contributed by atoms with Crippen molar-refractivity contribution < 1.29 is 5.11 Å². The Hall–Kier alpha value is -1.32. The number of halogens is 1. The van der Waals surface area contributed by atoms with Gasteiger partial charge in [-0.3, -0.25) is 4.68 Å². The van der Waals surface area contributed by atoms with Gasteiger partial charge in [0.2, 0.25) is 0 Å². The standard InChI is InChI=1S/C14H17ClN2O/c1-9-4-5-11(15)7-13(9)14(18)8-12-6-10(2)16-17(12)3/h4-7,14,18H,8H2,1-3H3. The normalized spacial score (nSPS) is 12.7. The first-order valence-electron chi connectivity index (χ1n) is 5.91. The summed E-state index contributed by atoms with van der Waals surface area (Å²) in [5.74, 6) is 0. The van der Waals surface area contributed by atoms with Crippen molar-refractivity contribution in [2.75, 3.05) is 0 Å². The van der Waals surface area contributed by atoms with E-state index in [1.165, 1.54) is 0 Å². The average molecular weight is 265 g/mol. The molecule has 1 N–H and O–H groups in total. The van der Waals surface area contributed by atoms with Crippen LogP contribution in [0.1, 0.15) is 28.6 Å². The lowest BCUT2D eigenvalue weighted by atomic mass is 10.00. The van der Waals surface area contributed by atoms with Crippen LogP contribution in [-0.4, -0.2) is 14.9 Å². The smallest absolute Gasteiger partial charge is 0.0848 e. The minimum atomic E-state index is -0.557. The molecule has 0 saturated carbocycles. The van der Waals surface area contributed by atoms with Crippen LogP contribution in [0.5, 0.6) is 0 Å². The summed E-state index contributed by atoms with van der Waals surface area (Å²) in [5, 5.41) is 15.2. The van der Waals surface area contributed by atoms with Gasteiger partial charge < -0.3 is 5.11 Å². The molecule has 0 bridgehead atoms. The third-order valence-electron chi connectivity index (χ3n) is 3.10. The van der Waals surface area contributed by atoms with Crippen molar-refractivity contribution in [3.63, 3.8) is 0 Å². The van der Waals surface area contributed by atoms with E-state index in [9.17, 15) is 5.11 Å².